The molecule has 1 aromatic heterocycles. The van der Waals surface area contributed by atoms with Crippen LogP contribution in [0.25, 0.3) is 11.0 Å². The van der Waals surface area contributed by atoms with Gasteiger partial charge in [-0.05, 0) is 40.5 Å². The van der Waals surface area contributed by atoms with Crippen LogP contribution in [0.3, 0.4) is 0 Å². The zero-order chi connectivity index (χ0) is 11.5. The zero-order valence-electron chi connectivity index (χ0n) is 9.43. The Kier molecular flexibility index (Phi) is 3.33. The summed E-state index contributed by atoms with van der Waals surface area (Å²) < 4.78 is 4.72. The Hall–Kier alpha value is -1.23. The van der Waals surface area contributed by atoms with Gasteiger partial charge in [0.1, 0.15) is 0 Å². The Morgan fingerprint density at radius 1 is 1.31 bits per heavy atom. The van der Waals surface area contributed by atoms with E-state index >= 15 is 0 Å². The first kappa shape index (κ1) is 11.3. The van der Waals surface area contributed by atoms with Crippen molar-refractivity contribution < 1.29 is 4.63 Å². The minimum absolute atomic E-state index is 0.615. The van der Waals surface area contributed by atoms with Crippen LogP contribution in [0.2, 0.25) is 0 Å². The molecule has 16 heavy (non-hydrogen) atoms. The molecule has 0 aliphatic rings. The van der Waals surface area contributed by atoms with Crippen molar-refractivity contribution in [3.05, 3.63) is 12.1 Å². The number of benzene rings is 1. The monoisotopic (exact) mass is 237 g/mol. The minimum Gasteiger partial charge on any atom is -0.397 e. The Labute approximate surface area is 98.5 Å². The maximum atomic E-state index is 5.77. The van der Waals surface area contributed by atoms with Crippen molar-refractivity contribution >= 4 is 28.5 Å². The van der Waals surface area contributed by atoms with E-state index in [1.54, 1.807) is 11.8 Å². The van der Waals surface area contributed by atoms with Crippen molar-refractivity contribution in [2.45, 2.75) is 25.2 Å². The fourth-order valence-corrected chi connectivity index (χ4v) is 2.63. The maximum absolute atomic E-state index is 5.77. The predicted molar refractivity (Wildman–Crippen MR) is 66.4 cm³/mol. The van der Waals surface area contributed by atoms with E-state index in [1.807, 2.05) is 12.1 Å². The first-order chi connectivity index (χ1) is 7.68. The number of anilines is 1. The third kappa shape index (κ3) is 2.29. The van der Waals surface area contributed by atoms with Gasteiger partial charge >= 0.3 is 0 Å². The molecule has 0 unspecified atom stereocenters. The number of thioether (sulfide) groups is 1. The van der Waals surface area contributed by atoms with Gasteiger partial charge < -0.3 is 5.73 Å². The Morgan fingerprint density at radius 2 is 2.06 bits per heavy atom. The first-order valence-corrected chi connectivity index (χ1v) is 6.30. The number of nitrogen functional groups attached to an aromatic ring is 1. The summed E-state index contributed by atoms with van der Waals surface area (Å²) in [5.74, 6) is 1.79. The molecule has 0 aliphatic carbocycles. The molecular formula is C11H15N3OS. The number of nitrogens with two attached hydrogens (primary N) is 1. The molecule has 0 atom stereocenters. The van der Waals surface area contributed by atoms with E-state index in [2.05, 4.69) is 24.2 Å². The molecule has 0 bridgehead atoms. The van der Waals surface area contributed by atoms with Crippen LogP contribution >= 0.6 is 11.8 Å². The summed E-state index contributed by atoms with van der Waals surface area (Å²) in [6.07, 6.45) is 1.18. The van der Waals surface area contributed by atoms with Gasteiger partial charge in [0.2, 0.25) is 0 Å². The molecule has 0 fully saturated rings. The molecule has 0 radical (unpaired) electrons. The second-order valence-electron chi connectivity index (χ2n) is 4.15. The van der Waals surface area contributed by atoms with Crippen LogP contribution in [-0.2, 0) is 0 Å². The average molecular weight is 237 g/mol. The van der Waals surface area contributed by atoms with Crippen molar-refractivity contribution in [3.63, 3.8) is 0 Å². The highest BCUT2D eigenvalue weighted by Gasteiger charge is 2.10. The van der Waals surface area contributed by atoms with E-state index in [0.717, 1.165) is 16.2 Å². The van der Waals surface area contributed by atoms with Gasteiger partial charge in [0, 0.05) is 4.90 Å². The van der Waals surface area contributed by atoms with E-state index in [1.165, 1.54) is 6.42 Å². The number of nitrogens with zero attached hydrogens (tertiary/aromatic N) is 2. The maximum Gasteiger partial charge on any atom is 0.159 e. The van der Waals surface area contributed by atoms with Crippen molar-refractivity contribution in [2.75, 3.05) is 11.5 Å². The number of hydrogen-bond acceptors (Lipinski definition) is 5. The van der Waals surface area contributed by atoms with Crippen molar-refractivity contribution in [3.8, 4) is 0 Å². The van der Waals surface area contributed by atoms with Gasteiger partial charge in [-0.15, -0.1) is 11.8 Å². The molecule has 86 valence electrons. The number of hydrogen-bond donors (Lipinski definition) is 1. The molecule has 1 aromatic carbocycles. The molecule has 0 aliphatic heterocycles. The number of rotatable bonds is 4. The lowest BCUT2D eigenvalue weighted by Crippen LogP contribution is -1.91. The molecule has 2 N–H and O–H groups in total. The number of fused-ring (bicyclic) bond motifs is 1. The van der Waals surface area contributed by atoms with Gasteiger partial charge in [0.25, 0.3) is 0 Å². The van der Waals surface area contributed by atoms with Crippen molar-refractivity contribution in [1.29, 1.82) is 0 Å². The van der Waals surface area contributed by atoms with E-state index < -0.39 is 0 Å². The first-order valence-electron chi connectivity index (χ1n) is 5.32. The molecule has 0 spiro atoms. The molecule has 1 heterocycles. The standard InChI is InChI=1S/C11H15N3OS/c1-7(2)5-6-16-9-4-3-8(12)10-11(9)14-15-13-10/h3-4,7H,5-6,12H2,1-2H3. The highest BCUT2D eigenvalue weighted by atomic mass is 32.2. The van der Waals surface area contributed by atoms with Gasteiger partial charge in [-0.1, -0.05) is 13.8 Å². The average Bonchev–Trinajstić information content (AvgIpc) is 2.70. The molecule has 0 saturated heterocycles. The van der Waals surface area contributed by atoms with E-state index in [-0.39, 0.29) is 0 Å². The topological polar surface area (TPSA) is 64.9 Å². The molecule has 0 amide bonds. The van der Waals surface area contributed by atoms with E-state index in [9.17, 15) is 0 Å². The van der Waals surface area contributed by atoms with Crippen LogP contribution in [0.15, 0.2) is 21.7 Å². The van der Waals surface area contributed by atoms with Crippen LogP contribution in [0.4, 0.5) is 5.69 Å². The zero-order valence-corrected chi connectivity index (χ0v) is 10.3. The predicted octanol–water partition coefficient (Wildman–Crippen LogP) is 2.94. The van der Waals surface area contributed by atoms with Gasteiger partial charge in [-0.2, -0.15) is 0 Å². The van der Waals surface area contributed by atoms with Crippen molar-refractivity contribution in [2.24, 2.45) is 5.92 Å². The van der Waals surface area contributed by atoms with Gasteiger partial charge in [0.05, 0.1) is 5.69 Å². The van der Waals surface area contributed by atoms with Gasteiger partial charge in [0.15, 0.2) is 11.0 Å². The molecule has 4 nitrogen and oxygen atoms in total. The summed E-state index contributed by atoms with van der Waals surface area (Å²) in [5, 5.41) is 7.69. The minimum atomic E-state index is 0.615. The fraction of sp³-hybridized carbons (Fsp3) is 0.455. The second-order valence-corrected chi connectivity index (χ2v) is 5.28. The van der Waals surface area contributed by atoms with Crippen LogP contribution in [0, 0.1) is 5.92 Å². The quantitative estimate of drug-likeness (QED) is 0.654. The summed E-state index contributed by atoms with van der Waals surface area (Å²) >= 11 is 1.77. The lowest BCUT2D eigenvalue weighted by Gasteiger charge is -2.04. The van der Waals surface area contributed by atoms with E-state index in [4.69, 9.17) is 10.4 Å². The lowest BCUT2D eigenvalue weighted by atomic mass is 10.2. The summed E-state index contributed by atoms with van der Waals surface area (Å²) in [7, 11) is 0. The highest BCUT2D eigenvalue weighted by Crippen LogP contribution is 2.29. The third-order valence-corrected chi connectivity index (χ3v) is 3.44. The largest absolute Gasteiger partial charge is 0.397 e. The highest BCUT2D eigenvalue weighted by molar-refractivity contribution is 7.99. The SMILES string of the molecule is CC(C)CCSc1ccc(N)c2nonc12. The Morgan fingerprint density at radius 3 is 2.81 bits per heavy atom. The Balaban J connectivity index is 2.18. The fourth-order valence-electron chi connectivity index (χ4n) is 1.38. The molecule has 2 aromatic rings. The molecule has 5 heteroatoms. The third-order valence-electron chi connectivity index (χ3n) is 2.36. The Bertz CT molecular complexity index is 481. The summed E-state index contributed by atoms with van der Waals surface area (Å²) in [6, 6.07) is 3.83. The molecule has 2 rings (SSSR count). The smallest absolute Gasteiger partial charge is 0.159 e. The van der Waals surface area contributed by atoms with Crippen LogP contribution in [0.1, 0.15) is 20.3 Å². The van der Waals surface area contributed by atoms with Crippen LogP contribution in [-0.4, -0.2) is 16.1 Å². The normalized spacial score (nSPS) is 11.4. The number of aromatic nitrogens is 2. The van der Waals surface area contributed by atoms with E-state index in [0.29, 0.717) is 17.1 Å². The van der Waals surface area contributed by atoms with Crippen molar-refractivity contribution in [1.82, 2.24) is 10.3 Å². The summed E-state index contributed by atoms with van der Waals surface area (Å²) in [6.45, 7) is 4.44. The second kappa shape index (κ2) is 4.74. The van der Waals surface area contributed by atoms with Gasteiger partial charge in [-0.25, -0.2) is 4.63 Å². The van der Waals surface area contributed by atoms with Gasteiger partial charge in [-0.3, -0.25) is 0 Å². The molecular weight excluding hydrogens is 222 g/mol. The van der Waals surface area contributed by atoms with Crippen LogP contribution < -0.4 is 5.73 Å². The summed E-state index contributed by atoms with van der Waals surface area (Å²) in [5.41, 5.74) is 7.82. The molecule has 0 saturated carbocycles. The summed E-state index contributed by atoms with van der Waals surface area (Å²) in [4.78, 5) is 1.09. The lowest BCUT2D eigenvalue weighted by molar-refractivity contribution is 0.315. The van der Waals surface area contributed by atoms with Crippen LogP contribution in [0.5, 0.6) is 0 Å².